The molecule has 0 saturated heterocycles. The topological polar surface area (TPSA) is 237 Å². The van der Waals surface area contributed by atoms with E-state index >= 15 is 0 Å². The number of hydrogen-bond donors (Lipinski definition) is 3. The molecule has 0 aromatic carbocycles. The van der Waals surface area contributed by atoms with Gasteiger partial charge in [-0.05, 0) is 25.7 Å². The lowest BCUT2D eigenvalue weighted by Crippen LogP contribution is -2.30. The minimum Gasteiger partial charge on any atom is -0.462 e. The molecule has 0 radical (unpaired) electrons. The van der Waals surface area contributed by atoms with Crippen molar-refractivity contribution >= 4 is 39.5 Å². The summed E-state index contributed by atoms with van der Waals surface area (Å²) in [5.41, 5.74) is 0. The Kier molecular flexibility index (Phi) is 64.3. The summed E-state index contributed by atoms with van der Waals surface area (Å²) in [4.78, 5) is 72.3. The lowest BCUT2D eigenvalue weighted by molar-refractivity contribution is -0.161. The molecule has 0 aliphatic carbocycles. The maximum Gasteiger partial charge on any atom is 0.472 e. The van der Waals surface area contributed by atoms with Crippen LogP contribution in [0.2, 0.25) is 0 Å². The smallest absolute Gasteiger partial charge is 0.462 e. The van der Waals surface area contributed by atoms with Gasteiger partial charge in [0, 0.05) is 25.7 Å². The van der Waals surface area contributed by atoms with Crippen LogP contribution in [0.1, 0.15) is 374 Å². The van der Waals surface area contributed by atoms with E-state index in [4.69, 9.17) is 37.0 Å². The second kappa shape index (κ2) is 65.7. The summed E-state index contributed by atoms with van der Waals surface area (Å²) in [6.45, 7) is 4.89. The Balaban J connectivity index is 5.13. The number of carbonyl (C=O) groups excluding carboxylic acids is 4. The van der Waals surface area contributed by atoms with Crippen LogP contribution in [0, 0.1) is 0 Å². The van der Waals surface area contributed by atoms with E-state index in [9.17, 15) is 43.2 Å². The van der Waals surface area contributed by atoms with Crippen molar-refractivity contribution in [1.29, 1.82) is 0 Å². The van der Waals surface area contributed by atoms with Crippen LogP contribution in [0.3, 0.4) is 0 Å². The maximum atomic E-state index is 13.0. The van der Waals surface area contributed by atoms with Gasteiger partial charge in [0.1, 0.15) is 19.3 Å². The number of aliphatic hydroxyl groups excluding tert-OH is 1. The molecule has 17 nitrogen and oxygen atoms in total. The number of esters is 4. The Morgan fingerprint density at radius 1 is 0.267 bits per heavy atom. The van der Waals surface area contributed by atoms with Crippen LogP contribution in [0.4, 0.5) is 0 Å². The highest BCUT2D eigenvalue weighted by atomic mass is 31.2. The van der Waals surface area contributed by atoms with Gasteiger partial charge in [0.25, 0.3) is 0 Å². The van der Waals surface area contributed by atoms with Gasteiger partial charge in [0.2, 0.25) is 0 Å². The van der Waals surface area contributed by atoms with E-state index in [1.54, 1.807) is 0 Å². The maximum absolute atomic E-state index is 13.0. The monoisotopic (exact) mass is 1320 g/mol. The van der Waals surface area contributed by atoms with Gasteiger partial charge in [-0.15, -0.1) is 0 Å². The van der Waals surface area contributed by atoms with Crippen LogP contribution in [-0.2, 0) is 65.4 Å². The molecule has 0 bridgehead atoms. The largest absolute Gasteiger partial charge is 0.472 e. The van der Waals surface area contributed by atoms with Crippen LogP contribution >= 0.6 is 15.6 Å². The van der Waals surface area contributed by atoms with Gasteiger partial charge < -0.3 is 33.8 Å². The fraction of sp³-hybridized carbons (Fsp3) is 0.944. The average molecular weight is 1330 g/mol. The van der Waals surface area contributed by atoms with Crippen molar-refractivity contribution in [2.24, 2.45) is 0 Å². The number of phosphoric acid groups is 2. The Bertz CT molecular complexity index is 1720. The molecule has 0 fully saturated rings. The Labute approximate surface area is 549 Å². The Morgan fingerprint density at radius 2 is 0.444 bits per heavy atom. The van der Waals surface area contributed by atoms with Crippen molar-refractivity contribution in [2.45, 2.75) is 393 Å². The molecular weight excluding hydrogens is 1190 g/mol. The number of ether oxygens (including phenoxy) is 4. The van der Waals surface area contributed by atoms with Crippen molar-refractivity contribution in [2.75, 3.05) is 39.6 Å². The first-order valence-corrected chi connectivity index (χ1v) is 40.3. The van der Waals surface area contributed by atoms with E-state index in [2.05, 4.69) is 27.7 Å². The predicted molar refractivity (Wildman–Crippen MR) is 363 cm³/mol. The highest BCUT2D eigenvalue weighted by Crippen LogP contribution is 2.45. The molecule has 0 spiro atoms. The third-order valence-electron chi connectivity index (χ3n) is 16.6. The molecule has 0 heterocycles. The molecule has 534 valence electrons. The van der Waals surface area contributed by atoms with Gasteiger partial charge in [0.15, 0.2) is 12.2 Å². The predicted octanol–water partition coefficient (Wildman–Crippen LogP) is 20.7. The van der Waals surface area contributed by atoms with Crippen molar-refractivity contribution in [3.8, 4) is 0 Å². The number of aliphatic hydroxyl groups is 1. The van der Waals surface area contributed by atoms with E-state index < -0.39 is 97.5 Å². The quantitative estimate of drug-likeness (QED) is 0.0222. The average Bonchev–Trinajstić information content (AvgIpc) is 3.66. The highest BCUT2D eigenvalue weighted by molar-refractivity contribution is 7.47. The molecule has 3 N–H and O–H groups in total. The summed E-state index contributed by atoms with van der Waals surface area (Å²) in [7, 11) is -9.89. The van der Waals surface area contributed by atoms with E-state index in [-0.39, 0.29) is 25.7 Å². The first-order chi connectivity index (χ1) is 43.7. The summed E-state index contributed by atoms with van der Waals surface area (Å²) in [6.07, 6.45) is 54.4. The molecule has 0 rings (SSSR count). The molecule has 0 aromatic rings. The van der Waals surface area contributed by atoms with Gasteiger partial charge in [-0.3, -0.25) is 37.3 Å². The fourth-order valence-electron chi connectivity index (χ4n) is 10.9. The van der Waals surface area contributed by atoms with Gasteiger partial charge >= 0.3 is 39.5 Å². The van der Waals surface area contributed by atoms with Crippen LogP contribution in [0.25, 0.3) is 0 Å². The van der Waals surface area contributed by atoms with Gasteiger partial charge in [-0.1, -0.05) is 323 Å². The molecule has 0 amide bonds. The minimum atomic E-state index is -4.95. The second-order valence-corrected chi connectivity index (χ2v) is 28.5. The van der Waals surface area contributed by atoms with Crippen LogP contribution in [-0.4, -0.2) is 96.7 Å². The highest BCUT2D eigenvalue weighted by Gasteiger charge is 2.30. The summed E-state index contributed by atoms with van der Waals surface area (Å²) >= 11 is 0. The zero-order valence-corrected chi connectivity index (χ0v) is 59.9. The number of unbranched alkanes of at least 4 members (excludes halogenated alkanes) is 46. The molecule has 0 aromatic heterocycles. The fourth-order valence-corrected chi connectivity index (χ4v) is 12.4. The van der Waals surface area contributed by atoms with Gasteiger partial charge in [-0.2, -0.15) is 0 Å². The molecule has 0 aliphatic heterocycles. The lowest BCUT2D eigenvalue weighted by Gasteiger charge is -2.21. The SMILES string of the molecule is CCCCCCCCCCCCCCCCCCCCCCCC(=O)O[C@H](COC(=O)CCCCCCCCCCCCCCC)COP(=O)(O)OC[C@@H](O)COP(=O)(O)OC[C@@H](COC(=O)CCCCCCCCCC)OC(=O)CCCCCCCCCC. The van der Waals surface area contributed by atoms with Crippen LogP contribution in [0.15, 0.2) is 0 Å². The molecule has 19 heteroatoms. The lowest BCUT2D eigenvalue weighted by atomic mass is 10.0. The van der Waals surface area contributed by atoms with E-state index in [1.165, 1.54) is 193 Å². The van der Waals surface area contributed by atoms with E-state index in [1.807, 2.05) is 0 Å². The Morgan fingerprint density at radius 3 is 0.656 bits per heavy atom. The molecule has 5 atom stereocenters. The summed E-state index contributed by atoms with van der Waals surface area (Å²) < 4.78 is 68.1. The third kappa shape index (κ3) is 64.8. The number of rotatable bonds is 72. The standard InChI is InChI=1S/C71H138O17P2/c1-5-9-13-17-21-25-27-29-30-31-32-33-34-35-36-38-40-42-46-50-54-58-71(76)88-67(62-82-69(74)56-52-48-45-41-39-37-28-26-22-18-14-10-6-2)64-86-90(79,80)84-60-65(72)59-83-89(77,78)85-63-66(87-70(75)57-53-49-44-24-20-16-12-8-4)61-81-68(73)55-51-47-43-23-19-15-11-7-3/h65-67,72H,5-64H2,1-4H3,(H,77,78)(H,79,80)/t65-,66+,67+/m0/s1. The summed E-state index contributed by atoms with van der Waals surface area (Å²) in [5.74, 6) is -2.13. The number of carbonyl (C=O) groups is 4. The normalized spacial score (nSPS) is 14.0. The van der Waals surface area contributed by atoms with Crippen molar-refractivity contribution in [3.05, 3.63) is 0 Å². The molecule has 90 heavy (non-hydrogen) atoms. The van der Waals surface area contributed by atoms with Crippen molar-refractivity contribution in [3.63, 3.8) is 0 Å². The number of hydrogen-bond acceptors (Lipinski definition) is 15. The first-order valence-electron chi connectivity index (χ1n) is 37.3. The number of phosphoric ester groups is 2. The molecule has 0 saturated carbocycles. The molecule has 2 unspecified atom stereocenters. The van der Waals surface area contributed by atoms with Crippen LogP contribution < -0.4 is 0 Å². The first kappa shape index (κ1) is 88.1. The van der Waals surface area contributed by atoms with E-state index in [0.29, 0.717) is 25.7 Å². The van der Waals surface area contributed by atoms with Gasteiger partial charge in [-0.25, -0.2) is 9.13 Å². The van der Waals surface area contributed by atoms with Crippen LogP contribution in [0.5, 0.6) is 0 Å². The van der Waals surface area contributed by atoms with Crippen molar-refractivity contribution in [1.82, 2.24) is 0 Å². The van der Waals surface area contributed by atoms with Crippen molar-refractivity contribution < 1.29 is 80.2 Å². The summed E-state index contributed by atoms with van der Waals surface area (Å²) in [5, 5.41) is 10.6. The Hall–Kier alpha value is -1.94. The zero-order valence-electron chi connectivity index (χ0n) is 58.1. The molecular formula is C71H138O17P2. The third-order valence-corrected chi connectivity index (χ3v) is 18.5. The zero-order chi connectivity index (χ0) is 66.1. The second-order valence-electron chi connectivity index (χ2n) is 25.6. The molecule has 0 aliphatic rings. The van der Waals surface area contributed by atoms with Gasteiger partial charge in [0.05, 0.1) is 26.4 Å². The van der Waals surface area contributed by atoms with E-state index in [0.717, 1.165) is 103 Å². The minimum absolute atomic E-state index is 0.105. The summed E-state index contributed by atoms with van der Waals surface area (Å²) in [6, 6.07) is 0.